The summed E-state index contributed by atoms with van der Waals surface area (Å²) in [6, 6.07) is 6.70. The fourth-order valence-corrected chi connectivity index (χ4v) is 4.69. The summed E-state index contributed by atoms with van der Waals surface area (Å²) in [5.74, 6) is 1.31. The van der Waals surface area contributed by atoms with Gasteiger partial charge in [-0.2, -0.15) is 0 Å². The van der Waals surface area contributed by atoms with Crippen molar-refractivity contribution in [2.45, 2.75) is 82.8 Å². The fourth-order valence-electron chi connectivity index (χ4n) is 4.69. The van der Waals surface area contributed by atoms with Crippen molar-refractivity contribution in [1.82, 2.24) is 10.2 Å². The summed E-state index contributed by atoms with van der Waals surface area (Å²) in [4.78, 5) is 2.43. The number of likely N-dealkylation sites (tertiary alicyclic amines) is 1. The van der Waals surface area contributed by atoms with Gasteiger partial charge >= 0.3 is 0 Å². The SMILES string of the molecule is COc1cc(CCO[C@@H]2CCCC[C@@H]2N2CC[C@@H](O)C2)ccc1OCC(O)CNC(C)C. The number of aliphatic hydroxyl groups is 2. The minimum atomic E-state index is -0.574. The van der Waals surface area contributed by atoms with Crippen LogP contribution >= 0.6 is 0 Å². The Labute approximate surface area is 193 Å². The van der Waals surface area contributed by atoms with E-state index in [1.165, 1.54) is 12.8 Å². The Morgan fingerprint density at radius 2 is 1.97 bits per heavy atom. The van der Waals surface area contributed by atoms with Crippen molar-refractivity contribution in [3.63, 3.8) is 0 Å². The monoisotopic (exact) mass is 450 g/mol. The normalized spacial score (nSPS) is 25.2. The van der Waals surface area contributed by atoms with Gasteiger partial charge in [0.25, 0.3) is 0 Å². The summed E-state index contributed by atoms with van der Waals surface area (Å²) in [5, 5.41) is 23.2. The molecule has 2 fully saturated rings. The van der Waals surface area contributed by atoms with E-state index in [9.17, 15) is 10.2 Å². The molecule has 0 amide bonds. The topological polar surface area (TPSA) is 83.4 Å². The second-order valence-corrected chi connectivity index (χ2v) is 9.46. The minimum absolute atomic E-state index is 0.182. The van der Waals surface area contributed by atoms with Crippen LogP contribution in [0.15, 0.2) is 18.2 Å². The van der Waals surface area contributed by atoms with E-state index >= 15 is 0 Å². The number of ether oxygens (including phenoxy) is 3. The van der Waals surface area contributed by atoms with Crippen LogP contribution < -0.4 is 14.8 Å². The lowest BCUT2D eigenvalue weighted by molar-refractivity contribution is -0.0316. The lowest BCUT2D eigenvalue weighted by Gasteiger charge is -2.37. The molecule has 1 saturated carbocycles. The Balaban J connectivity index is 1.47. The van der Waals surface area contributed by atoms with Crippen LogP contribution in [0.5, 0.6) is 11.5 Å². The number of hydrogen-bond donors (Lipinski definition) is 3. The predicted molar refractivity (Wildman–Crippen MR) is 126 cm³/mol. The van der Waals surface area contributed by atoms with Crippen molar-refractivity contribution >= 4 is 0 Å². The smallest absolute Gasteiger partial charge is 0.161 e. The third kappa shape index (κ3) is 7.59. The van der Waals surface area contributed by atoms with Crippen LogP contribution in [-0.2, 0) is 11.2 Å². The number of nitrogens with zero attached hydrogens (tertiary/aromatic N) is 1. The molecular weight excluding hydrogens is 408 g/mol. The van der Waals surface area contributed by atoms with E-state index in [0.29, 0.717) is 36.7 Å². The molecule has 0 radical (unpaired) electrons. The van der Waals surface area contributed by atoms with Gasteiger partial charge in [-0.1, -0.05) is 32.8 Å². The van der Waals surface area contributed by atoms with E-state index in [1.54, 1.807) is 7.11 Å². The molecule has 1 aromatic rings. The zero-order valence-corrected chi connectivity index (χ0v) is 20.0. The molecule has 32 heavy (non-hydrogen) atoms. The molecule has 1 aliphatic heterocycles. The molecular formula is C25H42N2O5. The van der Waals surface area contributed by atoms with Gasteiger partial charge in [0.1, 0.15) is 12.7 Å². The van der Waals surface area contributed by atoms with Crippen molar-refractivity contribution in [2.24, 2.45) is 0 Å². The molecule has 2 aliphatic rings. The van der Waals surface area contributed by atoms with Crippen molar-refractivity contribution < 1.29 is 24.4 Å². The number of aliphatic hydroxyl groups excluding tert-OH is 2. The Kier molecular flexibility index (Phi) is 10.1. The molecule has 4 atom stereocenters. The molecule has 182 valence electrons. The van der Waals surface area contributed by atoms with Crippen LogP contribution in [0.4, 0.5) is 0 Å². The van der Waals surface area contributed by atoms with Gasteiger partial charge in [-0.25, -0.2) is 0 Å². The maximum atomic E-state index is 10.1. The van der Waals surface area contributed by atoms with E-state index in [1.807, 2.05) is 32.0 Å². The van der Waals surface area contributed by atoms with Gasteiger partial charge in [-0.15, -0.1) is 0 Å². The molecule has 0 aromatic heterocycles. The average molecular weight is 451 g/mol. The molecule has 3 N–H and O–H groups in total. The lowest BCUT2D eigenvalue weighted by atomic mass is 9.91. The molecule has 1 saturated heterocycles. The quantitative estimate of drug-likeness (QED) is 0.451. The number of benzene rings is 1. The summed E-state index contributed by atoms with van der Waals surface area (Å²) in [5.41, 5.74) is 1.14. The Bertz CT molecular complexity index is 686. The second-order valence-electron chi connectivity index (χ2n) is 9.46. The van der Waals surface area contributed by atoms with Crippen LogP contribution in [0, 0.1) is 0 Å². The maximum Gasteiger partial charge on any atom is 0.161 e. The van der Waals surface area contributed by atoms with E-state index < -0.39 is 6.10 Å². The highest BCUT2D eigenvalue weighted by Gasteiger charge is 2.34. The zero-order chi connectivity index (χ0) is 22.9. The molecule has 7 nitrogen and oxygen atoms in total. The van der Waals surface area contributed by atoms with Crippen LogP contribution in [0.1, 0.15) is 51.5 Å². The van der Waals surface area contributed by atoms with E-state index in [0.717, 1.165) is 44.3 Å². The highest BCUT2D eigenvalue weighted by atomic mass is 16.5. The Morgan fingerprint density at radius 1 is 1.16 bits per heavy atom. The largest absolute Gasteiger partial charge is 0.493 e. The van der Waals surface area contributed by atoms with Gasteiger partial charge in [0.2, 0.25) is 0 Å². The third-order valence-electron chi connectivity index (χ3n) is 6.48. The molecule has 1 aromatic carbocycles. The Hall–Kier alpha value is -1.38. The summed E-state index contributed by atoms with van der Waals surface area (Å²) in [7, 11) is 1.64. The number of hydrogen-bond acceptors (Lipinski definition) is 7. The molecule has 1 heterocycles. The van der Waals surface area contributed by atoms with Crippen LogP contribution in [0.3, 0.4) is 0 Å². The zero-order valence-electron chi connectivity index (χ0n) is 20.0. The van der Waals surface area contributed by atoms with E-state index in [-0.39, 0.29) is 18.8 Å². The van der Waals surface area contributed by atoms with Gasteiger partial charge in [0, 0.05) is 31.7 Å². The van der Waals surface area contributed by atoms with Crippen molar-refractivity contribution in [2.75, 3.05) is 40.0 Å². The van der Waals surface area contributed by atoms with Crippen molar-refractivity contribution in [3.05, 3.63) is 23.8 Å². The highest BCUT2D eigenvalue weighted by Crippen LogP contribution is 2.30. The highest BCUT2D eigenvalue weighted by molar-refractivity contribution is 5.43. The summed E-state index contributed by atoms with van der Waals surface area (Å²) >= 11 is 0. The first kappa shape index (κ1) is 25.2. The molecule has 0 bridgehead atoms. The van der Waals surface area contributed by atoms with Crippen molar-refractivity contribution in [1.29, 1.82) is 0 Å². The lowest BCUT2D eigenvalue weighted by Crippen LogP contribution is -2.46. The van der Waals surface area contributed by atoms with Gasteiger partial charge in [-0.3, -0.25) is 4.90 Å². The third-order valence-corrected chi connectivity index (χ3v) is 6.48. The summed E-state index contributed by atoms with van der Waals surface area (Å²) in [6.45, 7) is 7.23. The van der Waals surface area contributed by atoms with Gasteiger partial charge in [0.15, 0.2) is 11.5 Å². The molecule has 7 heteroatoms. The van der Waals surface area contributed by atoms with Crippen LogP contribution in [0.25, 0.3) is 0 Å². The maximum absolute atomic E-state index is 10.1. The van der Waals surface area contributed by atoms with Crippen molar-refractivity contribution in [3.8, 4) is 11.5 Å². The standard InChI is InChI=1S/C25H42N2O5/c1-18(2)26-15-21(29)17-32-24-9-8-19(14-25(24)30-3)11-13-31-23-7-5-4-6-22(23)27-12-10-20(28)16-27/h8-9,14,18,20-23,26,28-29H,4-7,10-13,15-17H2,1-3H3/t20-,21?,22+,23-/m1/s1. The average Bonchev–Trinajstić information content (AvgIpc) is 3.23. The number of methoxy groups -OCH3 is 1. The number of nitrogens with one attached hydrogen (secondary N) is 1. The summed E-state index contributed by atoms with van der Waals surface area (Å²) in [6.07, 6.45) is 5.91. The first-order valence-electron chi connectivity index (χ1n) is 12.2. The number of β-amino-alcohol motifs (C(OH)–C–C–N with tert-alkyl or cyclic N) is 1. The predicted octanol–water partition coefficient (Wildman–Crippen LogP) is 2.37. The van der Waals surface area contributed by atoms with Gasteiger partial charge in [0.05, 0.1) is 25.9 Å². The minimum Gasteiger partial charge on any atom is -0.493 e. The second kappa shape index (κ2) is 12.8. The fraction of sp³-hybridized carbons (Fsp3) is 0.760. The van der Waals surface area contributed by atoms with Gasteiger partial charge in [-0.05, 0) is 43.4 Å². The molecule has 3 rings (SSSR count). The van der Waals surface area contributed by atoms with E-state index in [2.05, 4.69) is 10.2 Å². The molecule has 1 aliphatic carbocycles. The number of rotatable bonds is 12. The molecule has 0 spiro atoms. The van der Waals surface area contributed by atoms with E-state index in [4.69, 9.17) is 14.2 Å². The summed E-state index contributed by atoms with van der Waals surface area (Å²) < 4.78 is 17.6. The molecule has 1 unspecified atom stereocenters. The first-order valence-corrected chi connectivity index (χ1v) is 12.2. The van der Waals surface area contributed by atoms with Gasteiger partial charge < -0.3 is 29.7 Å². The Morgan fingerprint density at radius 3 is 2.69 bits per heavy atom. The first-order chi connectivity index (χ1) is 15.5. The van der Waals surface area contributed by atoms with Crippen LogP contribution in [0.2, 0.25) is 0 Å². The van der Waals surface area contributed by atoms with Crippen LogP contribution in [-0.4, -0.2) is 85.5 Å².